The van der Waals surface area contributed by atoms with Crippen molar-refractivity contribution in [1.82, 2.24) is 24.4 Å². The summed E-state index contributed by atoms with van der Waals surface area (Å²) in [6, 6.07) is 6.06. The molecule has 0 aliphatic heterocycles. The molecular formula is C19H27N5O3S. The lowest BCUT2D eigenvalue weighted by molar-refractivity contribution is 0.181. The van der Waals surface area contributed by atoms with E-state index in [4.69, 9.17) is 4.74 Å². The Balaban J connectivity index is 1.80. The number of imidazole rings is 2. The molecule has 0 unspecified atom stereocenters. The first-order chi connectivity index (χ1) is 13.4. The van der Waals surface area contributed by atoms with Gasteiger partial charge in [0.2, 0.25) is 15.0 Å². The Kier molecular flexibility index (Phi) is 6.17. The molecule has 8 nitrogen and oxygen atoms in total. The summed E-state index contributed by atoms with van der Waals surface area (Å²) in [5.41, 5.74) is 3.96. The normalized spacial score (nSPS) is 12.3. The maximum Gasteiger partial charge on any atom is 0.227 e. The molecule has 0 fully saturated rings. The van der Waals surface area contributed by atoms with Crippen molar-refractivity contribution in [3.63, 3.8) is 0 Å². The molecule has 28 heavy (non-hydrogen) atoms. The predicted molar refractivity (Wildman–Crippen MR) is 108 cm³/mol. The highest BCUT2D eigenvalue weighted by Gasteiger charge is 2.22. The van der Waals surface area contributed by atoms with Crippen LogP contribution in [0.15, 0.2) is 29.6 Å². The topological polar surface area (TPSA) is 93.1 Å². The molecule has 0 amide bonds. The summed E-state index contributed by atoms with van der Waals surface area (Å²) in [6.45, 7) is 5.69. The third-order valence-electron chi connectivity index (χ3n) is 4.69. The molecule has 1 N–H and O–H groups in total. The second-order valence-corrected chi connectivity index (χ2v) is 9.08. The van der Waals surface area contributed by atoms with Gasteiger partial charge in [0.15, 0.2) is 0 Å². The number of hydrogen-bond acceptors (Lipinski definition) is 6. The summed E-state index contributed by atoms with van der Waals surface area (Å²) in [6.07, 6.45) is 1.64. The van der Waals surface area contributed by atoms with Crippen molar-refractivity contribution in [3.05, 3.63) is 41.5 Å². The van der Waals surface area contributed by atoms with E-state index in [2.05, 4.69) is 19.9 Å². The maximum absolute atomic E-state index is 12.4. The number of nitrogens with zero attached hydrogens (tertiary/aromatic N) is 4. The molecule has 0 atom stereocenters. The van der Waals surface area contributed by atoms with Crippen LogP contribution in [0.1, 0.15) is 24.0 Å². The van der Waals surface area contributed by atoms with Gasteiger partial charge in [-0.1, -0.05) is 19.1 Å². The quantitative estimate of drug-likeness (QED) is 0.586. The Bertz CT molecular complexity index is 1050. The van der Waals surface area contributed by atoms with Gasteiger partial charge in [-0.2, -0.15) is 0 Å². The predicted octanol–water partition coefficient (Wildman–Crippen LogP) is 2.14. The van der Waals surface area contributed by atoms with Crippen LogP contribution in [0, 0.1) is 6.92 Å². The van der Waals surface area contributed by atoms with Crippen LogP contribution in [-0.2, 0) is 34.2 Å². The fourth-order valence-corrected chi connectivity index (χ4v) is 4.22. The fraction of sp³-hybridized carbons (Fsp3) is 0.474. The van der Waals surface area contributed by atoms with Crippen LogP contribution < -0.4 is 0 Å². The molecule has 0 bridgehead atoms. The SMILES string of the molecule is CCS(=O)(=O)c1ncc(CN(C)Cc2nc3c(C)cccc3[nH]2)n1CCOC. The molecule has 0 spiro atoms. The van der Waals surface area contributed by atoms with Crippen LogP contribution in [0.5, 0.6) is 0 Å². The third-order valence-corrected chi connectivity index (χ3v) is 6.34. The molecule has 2 aromatic heterocycles. The standard InChI is InChI=1S/C19H27N5O3S/c1-5-28(25,26)19-20-11-15(24(19)9-10-27-4)12-23(3)13-17-21-16-8-6-7-14(2)18(16)22-17/h6-8,11H,5,9-10,12-13H2,1-4H3,(H,21,22). The number of fused-ring (bicyclic) bond motifs is 1. The highest BCUT2D eigenvalue weighted by Crippen LogP contribution is 2.18. The average Bonchev–Trinajstić information content (AvgIpc) is 3.24. The number of sulfone groups is 1. The van der Waals surface area contributed by atoms with Crippen molar-refractivity contribution in [1.29, 1.82) is 0 Å². The molecule has 3 aromatic rings. The van der Waals surface area contributed by atoms with E-state index in [1.165, 1.54) is 0 Å². The van der Waals surface area contributed by atoms with Crippen molar-refractivity contribution >= 4 is 20.9 Å². The second-order valence-electron chi connectivity index (χ2n) is 6.91. The zero-order valence-electron chi connectivity index (χ0n) is 16.8. The number of aryl methyl sites for hydroxylation is 1. The van der Waals surface area contributed by atoms with Gasteiger partial charge in [0.25, 0.3) is 0 Å². The maximum atomic E-state index is 12.4. The molecule has 3 rings (SSSR count). The fourth-order valence-electron chi connectivity index (χ4n) is 3.21. The van der Waals surface area contributed by atoms with Gasteiger partial charge in [-0.15, -0.1) is 0 Å². The Hall–Kier alpha value is -2.23. The van der Waals surface area contributed by atoms with E-state index in [0.29, 0.717) is 26.2 Å². The average molecular weight is 406 g/mol. The Morgan fingerprint density at radius 1 is 1.29 bits per heavy atom. The lowest BCUT2D eigenvalue weighted by Crippen LogP contribution is -2.22. The molecule has 152 valence electrons. The molecule has 0 saturated heterocycles. The number of rotatable bonds is 9. The lowest BCUT2D eigenvalue weighted by Gasteiger charge is -2.17. The Morgan fingerprint density at radius 2 is 2.07 bits per heavy atom. The van der Waals surface area contributed by atoms with Crippen molar-refractivity contribution in [2.24, 2.45) is 0 Å². The van der Waals surface area contributed by atoms with Gasteiger partial charge in [-0.3, -0.25) is 4.90 Å². The third kappa shape index (κ3) is 4.26. The number of nitrogens with one attached hydrogen (secondary N) is 1. The first-order valence-electron chi connectivity index (χ1n) is 9.24. The summed E-state index contributed by atoms with van der Waals surface area (Å²) in [5.74, 6) is 0.890. The van der Waals surface area contributed by atoms with Gasteiger partial charge in [-0.05, 0) is 25.6 Å². The van der Waals surface area contributed by atoms with Gasteiger partial charge in [-0.25, -0.2) is 18.4 Å². The number of aromatic amines is 1. The molecule has 0 saturated carbocycles. The summed E-state index contributed by atoms with van der Waals surface area (Å²) in [5, 5.41) is 0.106. The molecule has 0 radical (unpaired) electrons. The number of para-hydroxylation sites is 1. The van der Waals surface area contributed by atoms with E-state index in [-0.39, 0.29) is 10.9 Å². The van der Waals surface area contributed by atoms with E-state index in [0.717, 1.165) is 28.1 Å². The van der Waals surface area contributed by atoms with Gasteiger partial charge in [0.05, 0.1) is 41.8 Å². The summed E-state index contributed by atoms with van der Waals surface area (Å²) < 4.78 is 31.6. The van der Waals surface area contributed by atoms with Gasteiger partial charge < -0.3 is 14.3 Å². The van der Waals surface area contributed by atoms with Gasteiger partial charge in [0.1, 0.15) is 5.82 Å². The monoisotopic (exact) mass is 405 g/mol. The molecule has 0 aliphatic carbocycles. The number of ether oxygens (including phenoxy) is 1. The van der Waals surface area contributed by atoms with E-state index in [1.54, 1.807) is 24.8 Å². The van der Waals surface area contributed by atoms with Crippen molar-refractivity contribution in [3.8, 4) is 0 Å². The van der Waals surface area contributed by atoms with E-state index in [9.17, 15) is 8.42 Å². The van der Waals surface area contributed by atoms with E-state index < -0.39 is 9.84 Å². The number of aromatic nitrogens is 4. The van der Waals surface area contributed by atoms with Crippen molar-refractivity contribution in [2.75, 3.05) is 26.5 Å². The molecule has 9 heteroatoms. The highest BCUT2D eigenvalue weighted by molar-refractivity contribution is 7.91. The summed E-state index contributed by atoms with van der Waals surface area (Å²) in [4.78, 5) is 14.3. The van der Waals surface area contributed by atoms with Crippen LogP contribution in [0.4, 0.5) is 0 Å². The number of methoxy groups -OCH3 is 1. The number of benzene rings is 1. The smallest absolute Gasteiger partial charge is 0.227 e. The largest absolute Gasteiger partial charge is 0.383 e. The van der Waals surface area contributed by atoms with E-state index in [1.807, 2.05) is 32.2 Å². The lowest BCUT2D eigenvalue weighted by atomic mass is 10.2. The summed E-state index contributed by atoms with van der Waals surface area (Å²) in [7, 11) is 0.175. The zero-order valence-corrected chi connectivity index (χ0v) is 17.6. The molecule has 2 heterocycles. The van der Waals surface area contributed by atoms with Crippen LogP contribution in [0.3, 0.4) is 0 Å². The van der Waals surface area contributed by atoms with E-state index >= 15 is 0 Å². The van der Waals surface area contributed by atoms with Crippen molar-refractivity contribution < 1.29 is 13.2 Å². The zero-order chi connectivity index (χ0) is 20.3. The minimum atomic E-state index is -3.40. The van der Waals surface area contributed by atoms with Crippen LogP contribution >= 0.6 is 0 Å². The first-order valence-corrected chi connectivity index (χ1v) is 10.9. The van der Waals surface area contributed by atoms with Gasteiger partial charge >= 0.3 is 0 Å². The Labute approximate surface area is 165 Å². The first kappa shape index (κ1) is 20.5. The highest BCUT2D eigenvalue weighted by atomic mass is 32.2. The van der Waals surface area contributed by atoms with Crippen LogP contribution in [0.25, 0.3) is 11.0 Å². The van der Waals surface area contributed by atoms with Crippen molar-refractivity contribution in [2.45, 2.75) is 38.6 Å². The molecule has 1 aromatic carbocycles. The minimum Gasteiger partial charge on any atom is -0.383 e. The minimum absolute atomic E-state index is 0.0185. The van der Waals surface area contributed by atoms with Crippen LogP contribution in [0.2, 0.25) is 0 Å². The summed E-state index contributed by atoms with van der Waals surface area (Å²) >= 11 is 0. The number of hydrogen-bond donors (Lipinski definition) is 1. The molecular weight excluding hydrogens is 378 g/mol. The van der Waals surface area contributed by atoms with Gasteiger partial charge in [0, 0.05) is 20.2 Å². The number of H-pyrrole nitrogens is 1. The Morgan fingerprint density at radius 3 is 2.75 bits per heavy atom. The van der Waals surface area contributed by atoms with Crippen LogP contribution in [-0.4, -0.2) is 59.4 Å². The second kappa shape index (κ2) is 8.42. The molecule has 0 aliphatic rings.